The van der Waals surface area contributed by atoms with E-state index in [9.17, 15) is 9.90 Å². The van der Waals surface area contributed by atoms with Crippen molar-refractivity contribution in [3.05, 3.63) is 0 Å². The van der Waals surface area contributed by atoms with Gasteiger partial charge in [0.2, 0.25) is 0 Å². The summed E-state index contributed by atoms with van der Waals surface area (Å²) in [6, 6.07) is 0. The molecule has 2 unspecified atom stereocenters. The van der Waals surface area contributed by atoms with Gasteiger partial charge in [0.1, 0.15) is 0 Å². The molecular weight excluding hydrogens is 204 g/mol. The van der Waals surface area contributed by atoms with Gasteiger partial charge in [0.05, 0.1) is 18.6 Å². The quantitative estimate of drug-likeness (QED) is 0.691. The van der Waals surface area contributed by atoms with E-state index >= 15 is 0 Å². The van der Waals surface area contributed by atoms with Gasteiger partial charge in [0, 0.05) is 18.1 Å². The zero-order valence-corrected chi connectivity index (χ0v) is 8.83. The molecule has 0 aromatic heterocycles. The highest BCUT2D eigenvalue weighted by Crippen LogP contribution is 2.17. The second kappa shape index (κ2) is 6.27. The predicted octanol–water partition coefficient (Wildman–Crippen LogP) is 0.734. The van der Waals surface area contributed by atoms with Crippen molar-refractivity contribution in [2.24, 2.45) is 0 Å². The van der Waals surface area contributed by atoms with Crippen molar-refractivity contribution in [2.45, 2.75) is 31.5 Å². The van der Waals surface area contributed by atoms with Crippen LogP contribution in [0, 0.1) is 0 Å². The summed E-state index contributed by atoms with van der Waals surface area (Å²) in [5.74, 6) is 0.387. The molecule has 0 spiro atoms. The van der Waals surface area contributed by atoms with Crippen molar-refractivity contribution in [1.29, 1.82) is 0 Å². The van der Waals surface area contributed by atoms with Gasteiger partial charge in [-0.15, -0.1) is 0 Å². The Labute approximate surface area is 87.6 Å². The summed E-state index contributed by atoms with van der Waals surface area (Å²) in [7, 11) is 0. The van der Waals surface area contributed by atoms with Crippen LogP contribution < -0.4 is 0 Å². The van der Waals surface area contributed by atoms with Crippen molar-refractivity contribution in [2.75, 3.05) is 18.1 Å². The number of ether oxygens (including phenoxy) is 1. The summed E-state index contributed by atoms with van der Waals surface area (Å²) < 4.78 is 5.40. The van der Waals surface area contributed by atoms with E-state index in [0.29, 0.717) is 11.9 Å². The van der Waals surface area contributed by atoms with Gasteiger partial charge in [0.25, 0.3) is 0 Å². The highest BCUT2D eigenvalue weighted by atomic mass is 32.2. The normalized spacial score (nSPS) is 23.6. The molecule has 0 aromatic carbocycles. The second-order valence-corrected chi connectivity index (χ2v) is 4.50. The predicted molar refractivity (Wildman–Crippen MR) is 54.6 cm³/mol. The lowest BCUT2D eigenvalue weighted by molar-refractivity contribution is -0.138. The van der Waals surface area contributed by atoms with Gasteiger partial charge in [0.15, 0.2) is 0 Å². The fraction of sp³-hybridized carbons (Fsp3) is 0.889. The fourth-order valence-corrected chi connectivity index (χ4v) is 2.42. The number of carboxylic acid groups (broad SMARTS) is 1. The summed E-state index contributed by atoms with van der Waals surface area (Å²) in [4.78, 5) is 10.2. The minimum atomic E-state index is -0.949. The van der Waals surface area contributed by atoms with Crippen LogP contribution in [0.5, 0.6) is 0 Å². The standard InChI is InChI=1S/C9H16O4S/c10-7(4-9(11)12)5-14-6-8-2-1-3-13-8/h7-8,10H,1-6H2,(H,11,12). The molecule has 0 saturated carbocycles. The average Bonchev–Trinajstić information content (AvgIpc) is 2.55. The Balaban J connectivity index is 1.99. The Kier molecular flexibility index (Phi) is 5.29. The van der Waals surface area contributed by atoms with Gasteiger partial charge in [-0.25, -0.2) is 0 Å². The Hall–Kier alpha value is -0.260. The van der Waals surface area contributed by atoms with E-state index in [4.69, 9.17) is 9.84 Å². The van der Waals surface area contributed by atoms with Gasteiger partial charge in [-0.3, -0.25) is 4.79 Å². The molecule has 1 rings (SSSR count). The largest absolute Gasteiger partial charge is 0.481 e. The number of aliphatic carboxylic acids is 1. The molecule has 2 atom stereocenters. The molecular formula is C9H16O4S. The van der Waals surface area contributed by atoms with Gasteiger partial charge in [-0.2, -0.15) is 11.8 Å². The van der Waals surface area contributed by atoms with Gasteiger partial charge in [-0.05, 0) is 12.8 Å². The Morgan fingerprint density at radius 2 is 2.43 bits per heavy atom. The molecule has 0 aromatic rings. The highest BCUT2D eigenvalue weighted by Gasteiger charge is 2.16. The lowest BCUT2D eigenvalue weighted by Crippen LogP contribution is -2.17. The fourth-order valence-electron chi connectivity index (χ4n) is 1.37. The van der Waals surface area contributed by atoms with Crippen LogP contribution in [-0.2, 0) is 9.53 Å². The van der Waals surface area contributed by atoms with E-state index in [1.165, 1.54) is 0 Å². The van der Waals surface area contributed by atoms with Gasteiger partial charge in [-0.1, -0.05) is 0 Å². The number of carbonyl (C=O) groups is 1. The summed E-state index contributed by atoms with van der Waals surface area (Å²) in [5.41, 5.74) is 0. The molecule has 1 saturated heterocycles. The zero-order chi connectivity index (χ0) is 10.4. The molecule has 1 aliphatic rings. The van der Waals surface area contributed by atoms with Gasteiger partial charge >= 0.3 is 5.97 Å². The van der Waals surface area contributed by atoms with Crippen molar-refractivity contribution >= 4 is 17.7 Å². The summed E-state index contributed by atoms with van der Waals surface area (Å²) >= 11 is 1.56. The Morgan fingerprint density at radius 3 is 3.00 bits per heavy atom. The van der Waals surface area contributed by atoms with Crippen LogP contribution in [-0.4, -0.2) is 46.5 Å². The maximum absolute atomic E-state index is 10.2. The summed E-state index contributed by atoms with van der Waals surface area (Å²) in [6.45, 7) is 0.836. The molecule has 1 aliphatic heterocycles. The Bertz CT molecular complexity index is 180. The zero-order valence-electron chi connectivity index (χ0n) is 8.02. The maximum atomic E-state index is 10.2. The molecule has 0 bridgehead atoms. The third-order valence-electron chi connectivity index (χ3n) is 2.05. The third-order valence-corrected chi connectivity index (χ3v) is 3.28. The summed E-state index contributed by atoms with van der Waals surface area (Å²) in [6.07, 6.45) is 1.60. The lowest BCUT2D eigenvalue weighted by Gasteiger charge is -2.10. The van der Waals surface area contributed by atoms with Crippen LogP contribution in [0.25, 0.3) is 0 Å². The third kappa shape index (κ3) is 4.83. The van der Waals surface area contributed by atoms with E-state index in [1.807, 2.05) is 0 Å². The molecule has 2 N–H and O–H groups in total. The van der Waals surface area contributed by atoms with E-state index in [2.05, 4.69) is 0 Å². The van der Waals surface area contributed by atoms with E-state index in [1.54, 1.807) is 11.8 Å². The number of aliphatic hydroxyl groups is 1. The first-order valence-electron chi connectivity index (χ1n) is 4.77. The van der Waals surface area contributed by atoms with Crippen LogP contribution in [0.15, 0.2) is 0 Å². The number of hydrogen-bond donors (Lipinski definition) is 2. The van der Waals surface area contributed by atoms with Crippen LogP contribution >= 0.6 is 11.8 Å². The molecule has 0 radical (unpaired) electrons. The topological polar surface area (TPSA) is 66.8 Å². The number of thioether (sulfide) groups is 1. The first kappa shape index (κ1) is 11.8. The number of hydrogen-bond acceptors (Lipinski definition) is 4. The number of rotatable bonds is 6. The lowest BCUT2D eigenvalue weighted by atomic mass is 10.3. The molecule has 1 fully saturated rings. The molecule has 1 heterocycles. The van der Waals surface area contributed by atoms with Crippen molar-refractivity contribution in [1.82, 2.24) is 0 Å². The molecule has 0 aliphatic carbocycles. The number of aliphatic hydroxyl groups excluding tert-OH is 1. The molecule has 82 valence electrons. The molecule has 0 amide bonds. The van der Waals surface area contributed by atoms with Crippen LogP contribution in [0.4, 0.5) is 0 Å². The minimum Gasteiger partial charge on any atom is -0.481 e. The highest BCUT2D eigenvalue weighted by molar-refractivity contribution is 7.99. The van der Waals surface area contributed by atoms with E-state index in [0.717, 1.165) is 25.2 Å². The van der Waals surface area contributed by atoms with Gasteiger partial charge < -0.3 is 14.9 Å². The van der Waals surface area contributed by atoms with Crippen molar-refractivity contribution in [3.8, 4) is 0 Å². The molecule has 14 heavy (non-hydrogen) atoms. The molecule has 4 nitrogen and oxygen atoms in total. The Morgan fingerprint density at radius 1 is 1.64 bits per heavy atom. The van der Waals surface area contributed by atoms with Crippen LogP contribution in [0.2, 0.25) is 0 Å². The van der Waals surface area contributed by atoms with Crippen LogP contribution in [0.1, 0.15) is 19.3 Å². The minimum absolute atomic E-state index is 0.168. The smallest absolute Gasteiger partial charge is 0.306 e. The second-order valence-electron chi connectivity index (χ2n) is 3.42. The first-order valence-corrected chi connectivity index (χ1v) is 5.93. The SMILES string of the molecule is O=C(O)CC(O)CSCC1CCCO1. The van der Waals surface area contributed by atoms with Crippen molar-refractivity contribution in [3.63, 3.8) is 0 Å². The first-order chi connectivity index (χ1) is 6.68. The van der Waals surface area contributed by atoms with E-state index in [-0.39, 0.29) is 6.42 Å². The monoisotopic (exact) mass is 220 g/mol. The van der Waals surface area contributed by atoms with E-state index < -0.39 is 12.1 Å². The summed E-state index contributed by atoms with van der Waals surface area (Å²) in [5, 5.41) is 17.7. The van der Waals surface area contributed by atoms with Crippen LogP contribution in [0.3, 0.4) is 0 Å². The maximum Gasteiger partial charge on any atom is 0.306 e. The molecule has 5 heteroatoms. The number of carboxylic acids is 1. The average molecular weight is 220 g/mol. The van der Waals surface area contributed by atoms with Crippen molar-refractivity contribution < 1.29 is 19.7 Å².